The van der Waals surface area contributed by atoms with Gasteiger partial charge in [-0.05, 0) is 66.4 Å². The highest BCUT2D eigenvalue weighted by molar-refractivity contribution is 5.43. The minimum Gasteiger partial charge on any atom is -0.493 e. The summed E-state index contributed by atoms with van der Waals surface area (Å²) in [7, 11) is 3.23. The Hall–Kier alpha value is -3.09. The monoisotopic (exact) mass is 453 g/mol. The van der Waals surface area contributed by atoms with E-state index in [4.69, 9.17) is 14.2 Å². The standard InChI is InChI=1S/C27H32FNO4/c1-20-5-4-6-25(15-20)33-19-24(30)18-29(17-22-7-10-23(28)11-8-22)14-13-21-9-12-26(31-2)27(16-21)32-3/h4-12,15-16,24,30H,13-14,17-19H2,1-3H3. The van der Waals surface area contributed by atoms with E-state index in [1.54, 1.807) is 26.4 Å². The van der Waals surface area contributed by atoms with E-state index in [2.05, 4.69) is 4.90 Å². The Morgan fingerprint density at radius 3 is 2.33 bits per heavy atom. The SMILES string of the molecule is COc1ccc(CCN(Cc2ccc(F)cc2)CC(O)COc2cccc(C)c2)cc1OC. The van der Waals surface area contributed by atoms with Crippen LogP contribution in [0.3, 0.4) is 0 Å². The molecule has 176 valence electrons. The molecule has 0 amide bonds. The second-order valence-electron chi connectivity index (χ2n) is 8.08. The summed E-state index contributed by atoms with van der Waals surface area (Å²) in [5.74, 6) is 1.85. The lowest BCUT2D eigenvalue weighted by Gasteiger charge is -2.25. The summed E-state index contributed by atoms with van der Waals surface area (Å²) < 4.78 is 29.8. The number of hydrogen-bond donors (Lipinski definition) is 1. The quantitative estimate of drug-likeness (QED) is 0.433. The third kappa shape index (κ3) is 7.77. The lowest BCUT2D eigenvalue weighted by Crippen LogP contribution is -2.36. The van der Waals surface area contributed by atoms with Gasteiger partial charge in [0, 0.05) is 19.6 Å². The average molecular weight is 454 g/mol. The molecular formula is C27H32FNO4. The zero-order valence-electron chi connectivity index (χ0n) is 19.5. The van der Waals surface area contributed by atoms with E-state index < -0.39 is 6.10 Å². The second-order valence-corrected chi connectivity index (χ2v) is 8.08. The largest absolute Gasteiger partial charge is 0.493 e. The number of halogens is 1. The van der Waals surface area contributed by atoms with Gasteiger partial charge >= 0.3 is 0 Å². The summed E-state index contributed by atoms with van der Waals surface area (Å²) in [5, 5.41) is 10.7. The Bertz CT molecular complexity index is 1010. The van der Waals surface area contributed by atoms with Crippen LogP contribution in [0.15, 0.2) is 66.7 Å². The van der Waals surface area contributed by atoms with Crippen LogP contribution in [0.1, 0.15) is 16.7 Å². The second kappa shape index (κ2) is 12.2. The van der Waals surface area contributed by atoms with Gasteiger partial charge in [0.2, 0.25) is 0 Å². The highest BCUT2D eigenvalue weighted by Crippen LogP contribution is 2.27. The third-order valence-electron chi connectivity index (χ3n) is 5.38. The molecule has 0 heterocycles. The van der Waals surface area contributed by atoms with Crippen LogP contribution in [0.25, 0.3) is 0 Å². The molecule has 5 nitrogen and oxygen atoms in total. The molecule has 0 saturated carbocycles. The first-order valence-corrected chi connectivity index (χ1v) is 11.0. The molecule has 3 aromatic rings. The first kappa shape index (κ1) is 24.6. The van der Waals surface area contributed by atoms with Gasteiger partial charge in [0.05, 0.1) is 14.2 Å². The smallest absolute Gasteiger partial charge is 0.160 e. The third-order valence-corrected chi connectivity index (χ3v) is 5.38. The van der Waals surface area contributed by atoms with Crippen LogP contribution in [0.5, 0.6) is 17.2 Å². The highest BCUT2D eigenvalue weighted by atomic mass is 19.1. The summed E-state index contributed by atoms with van der Waals surface area (Å²) in [6.45, 7) is 3.92. The zero-order chi connectivity index (χ0) is 23.6. The van der Waals surface area contributed by atoms with Crippen LogP contribution in [0, 0.1) is 12.7 Å². The van der Waals surface area contributed by atoms with Crippen molar-refractivity contribution in [2.75, 3.05) is 33.9 Å². The van der Waals surface area contributed by atoms with Crippen LogP contribution < -0.4 is 14.2 Å². The molecule has 1 N–H and O–H groups in total. The molecule has 3 aromatic carbocycles. The lowest BCUT2D eigenvalue weighted by molar-refractivity contribution is 0.0659. The van der Waals surface area contributed by atoms with E-state index in [1.807, 2.05) is 49.4 Å². The maximum absolute atomic E-state index is 13.3. The van der Waals surface area contributed by atoms with Crippen molar-refractivity contribution in [2.45, 2.75) is 26.0 Å². The van der Waals surface area contributed by atoms with Gasteiger partial charge in [-0.2, -0.15) is 0 Å². The Balaban J connectivity index is 1.64. The Labute approximate surface area is 195 Å². The Morgan fingerprint density at radius 1 is 0.909 bits per heavy atom. The summed E-state index contributed by atoms with van der Waals surface area (Å²) in [4.78, 5) is 2.15. The van der Waals surface area contributed by atoms with Crippen molar-refractivity contribution >= 4 is 0 Å². The van der Waals surface area contributed by atoms with Gasteiger partial charge in [0.15, 0.2) is 11.5 Å². The highest BCUT2D eigenvalue weighted by Gasteiger charge is 2.15. The van der Waals surface area contributed by atoms with Crippen LogP contribution >= 0.6 is 0 Å². The fourth-order valence-corrected chi connectivity index (χ4v) is 3.65. The normalized spacial score (nSPS) is 11.9. The molecule has 0 radical (unpaired) electrons. The molecule has 3 rings (SSSR count). The van der Waals surface area contributed by atoms with Crippen molar-refractivity contribution < 1.29 is 23.7 Å². The minimum absolute atomic E-state index is 0.194. The van der Waals surface area contributed by atoms with Gasteiger partial charge in [0.1, 0.15) is 24.3 Å². The molecule has 0 bridgehead atoms. The number of aryl methyl sites for hydroxylation is 1. The topological polar surface area (TPSA) is 51.2 Å². The number of aliphatic hydroxyl groups excluding tert-OH is 1. The maximum atomic E-state index is 13.3. The molecule has 33 heavy (non-hydrogen) atoms. The molecule has 0 fully saturated rings. The predicted molar refractivity (Wildman–Crippen MR) is 128 cm³/mol. The lowest BCUT2D eigenvalue weighted by atomic mass is 10.1. The predicted octanol–water partition coefficient (Wildman–Crippen LogP) is 4.64. The molecule has 1 atom stereocenters. The van der Waals surface area contributed by atoms with E-state index in [0.717, 1.165) is 28.9 Å². The van der Waals surface area contributed by atoms with Gasteiger partial charge in [0.25, 0.3) is 0 Å². The number of ether oxygens (including phenoxy) is 3. The maximum Gasteiger partial charge on any atom is 0.160 e. The molecule has 0 spiro atoms. The molecule has 0 saturated heterocycles. The van der Waals surface area contributed by atoms with E-state index in [-0.39, 0.29) is 12.4 Å². The number of nitrogens with zero attached hydrogens (tertiary/aromatic N) is 1. The van der Waals surface area contributed by atoms with Gasteiger partial charge < -0.3 is 19.3 Å². The van der Waals surface area contributed by atoms with E-state index in [1.165, 1.54) is 12.1 Å². The van der Waals surface area contributed by atoms with E-state index >= 15 is 0 Å². The fourth-order valence-electron chi connectivity index (χ4n) is 3.65. The minimum atomic E-state index is -0.670. The first-order valence-electron chi connectivity index (χ1n) is 11.0. The molecule has 1 unspecified atom stereocenters. The van der Waals surface area contributed by atoms with Crippen molar-refractivity contribution in [3.63, 3.8) is 0 Å². The number of rotatable bonds is 12. The summed E-state index contributed by atoms with van der Waals surface area (Å²) >= 11 is 0. The van der Waals surface area contributed by atoms with Gasteiger partial charge in [-0.1, -0.05) is 30.3 Å². The van der Waals surface area contributed by atoms with Crippen molar-refractivity contribution in [2.24, 2.45) is 0 Å². The van der Waals surface area contributed by atoms with E-state index in [0.29, 0.717) is 31.1 Å². The number of methoxy groups -OCH3 is 2. The fraction of sp³-hybridized carbons (Fsp3) is 0.333. The number of aliphatic hydroxyl groups is 1. The molecule has 0 aliphatic rings. The van der Waals surface area contributed by atoms with Crippen molar-refractivity contribution in [1.82, 2.24) is 4.90 Å². The van der Waals surface area contributed by atoms with Gasteiger partial charge in [-0.3, -0.25) is 4.90 Å². The van der Waals surface area contributed by atoms with E-state index in [9.17, 15) is 9.50 Å². The number of benzene rings is 3. The van der Waals surface area contributed by atoms with Crippen molar-refractivity contribution in [3.8, 4) is 17.2 Å². The first-order chi connectivity index (χ1) is 16.0. The van der Waals surface area contributed by atoms with Crippen LogP contribution in [0.2, 0.25) is 0 Å². The molecule has 0 aliphatic carbocycles. The molecular weight excluding hydrogens is 421 g/mol. The van der Waals surface area contributed by atoms with Gasteiger partial charge in [-0.25, -0.2) is 4.39 Å². The summed E-state index contributed by atoms with van der Waals surface area (Å²) in [5.41, 5.74) is 3.19. The van der Waals surface area contributed by atoms with Crippen LogP contribution in [0.4, 0.5) is 4.39 Å². The van der Waals surface area contributed by atoms with Crippen LogP contribution in [-0.2, 0) is 13.0 Å². The molecule has 0 aromatic heterocycles. The molecule has 0 aliphatic heterocycles. The zero-order valence-corrected chi connectivity index (χ0v) is 19.5. The van der Waals surface area contributed by atoms with Crippen molar-refractivity contribution in [1.29, 1.82) is 0 Å². The van der Waals surface area contributed by atoms with Crippen molar-refractivity contribution in [3.05, 3.63) is 89.2 Å². The Morgan fingerprint density at radius 2 is 1.64 bits per heavy atom. The number of hydrogen-bond acceptors (Lipinski definition) is 5. The average Bonchev–Trinajstić information content (AvgIpc) is 2.82. The Kier molecular flexibility index (Phi) is 9.10. The van der Waals surface area contributed by atoms with Crippen LogP contribution in [-0.4, -0.2) is 50.0 Å². The van der Waals surface area contributed by atoms with Gasteiger partial charge in [-0.15, -0.1) is 0 Å². The molecule has 6 heteroatoms. The summed E-state index contributed by atoms with van der Waals surface area (Å²) in [6, 6.07) is 20.1. The summed E-state index contributed by atoms with van der Waals surface area (Å²) in [6.07, 6.45) is 0.0869.